The third-order valence-corrected chi connectivity index (χ3v) is 3.31. The van der Waals surface area contributed by atoms with Gasteiger partial charge in [-0.05, 0) is 37.6 Å². The lowest BCUT2D eigenvalue weighted by atomic mass is 10.0. The SMILES string of the molecule is Cc1cc(C(O)Cc2ccc(Br)cc2)c(C)o1. The molecular formula is C14H15BrO2. The molecule has 2 nitrogen and oxygen atoms in total. The van der Waals surface area contributed by atoms with Crippen molar-refractivity contribution in [2.24, 2.45) is 0 Å². The quantitative estimate of drug-likeness (QED) is 0.930. The summed E-state index contributed by atoms with van der Waals surface area (Å²) in [6.07, 6.45) is 0.0984. The van der Waals surface area contributed by atoms with Crippen LogP contribution in [-0.2, 0) is 6.42 Å². The summed E-state index contributed by atoms with van der Waals surface area (Å²) in [5.41, 5.74) is 1.99. The molecule has 0 aliphatic carbocycles. The highest BCUT2D eigenvalue weighted by molar-refractivity contribution is 9.10. The number of furan rings is 1. The van der Waals surface area contributed by atoms with Crippen LogP contribution in [0.2, 0.25) is 0 Å². The third-order valence-electron chi connectivity index (χ3n) is 2.78. The molecule has 3 heteroatoms. The zero-order valence-corrected chi connectivity index (χ0v) is 11.5. The average Bonchev–Trinajstić information content (AvgIpc) is 2.61. The molecule has 0 saturated heterocycles. The number of aliphatic hydroxyl groups excluding tert-OH is 1. The summed E-state index contributed by atoms with van der Waals surface area (Å²) in [5.74, 6) is 1.64. The Morgan fingerprint density at radius 2 is 1.88 bits per heavy atom. The number of benzene rings is 1. The van der Waals surface area contributed by atoms with Gasteiger partial charge in [-0.3, -0.25) is 0 Å². The van der Waals surface area contributed by atoms with Gasteiger partial charge in [-0.15, -0.1) is 0 Å². The van der Waals surface area contributed by atoms with Crippen molar-refractivity contribution in [3.8, 4) is 0 Å². The first kappa shape index (κ1) is 12.4. The Hall–Kier alpha value is -1.06. The van der Waals surface area contributed by atoms with Crippen LogP contribution in [0.3, 0.4) is 0 Å². The van der Waals surface area contributed by atoms with E-state index in [0.717, 1.165) is 27.1 Å². The van der Waals surface area contributed by atoms with Gasteiger partial charge in [0.05, 0.1) is 6.10 Å². The lowest BCUT2D eigenvalue weighted by molar-refractivity contribution is 0.176. The first-order valence-electron chi connectivity index (χ1n) is 5.55. The number of hydrogen-bond donors (Lipinski definition) is 1. The molecule has 1 unspecified atom stereocenters. The number of aryl methyl sites for hydroxylation is 2. The van der Waals surface area contributed by atoms with Gasteiger partial charge in [0.25, 0.3) is 0 Å². The molecule has 1 N–H and O–H groups in total. The van der Waals surface area contributed by atoms with Crippen molar-refractivity contribution in [3.63, 3.8) is 0 Å². The van der Waals surface area contributed by atoms with E-state index >= 15 is 0 Å². The van der Waals surface area contributed by atoms with Gasteiger partial charge in [-0.25, -0.2) is 0 Å². The average molecular weight is 295 g/mol. The van der Waals surface area contributed by atoms with Gasteiger partial charge < -0.3 is 9.52 Å². The van der Waals surface area contributed by atoms with Crippen LogP contribution in [0, 0.1) is 13.8 Å². The molecule has 2 rings (SSSR count). The van der Waals surface area contributed by atoms with E-state index < -0.39 is 6.10 Å². The topological polar surface area (TPSA) is 33.4 Å². The fourth-order valence-corrected chi connectivity index (χ4v) is 2.20. The molecule has 0 spiro atoms. The lowest BCUT2D eigenvalue weighted by Gasteiger charge is -2.09. The van der Waals surface area contributed by atoms with Crippen molar-refractivity contribution in [2.45, 2.75) is 26.4 Å². The van der Waals surface area contributed by atoms with Crippen molar-refractivity contribution in [1.29, 1.82) is 0 Å². The van der Waals surface area contributed by atoms with Crippen molar-refractivity contribution < 1.29 is 9.52 Å². The zero-order valence-electron chi connectivity index (χ0n) is 9.90. The zero-order chi connectivity index (χ0) is 12.4. The summed E-state index contributed by atoms with van der Waals surface area (Å²) >= 11 is 3.39. The van der Waals surface area contributed by atoms with E-state index in [1.165, 1.54) is 0 Å². The molecule has 0 radical (unpaired) electrons. The molecule has 0 aliphatic heterocycles. The second-order valence-electron chi connectivity index (χ2n) is 4.21. The molecular weight excluding hydrogens is 280 g/mol. The van der Waals surface area contributed by atoms with Gasteiger partial charge in [0.1, 0.15) is 11.5 Å². The van der Waals surface area contributed by atoms with Gasteiger partial charge in [0, 0.05) is 16.5 Å². The lowest BCUT2D eigenvalue weighted by Crippen LogP contribution is -2.01. The Bertz CT molecular complexity index is 499. The van der Waals surface area contributed by atoms with E-state index in [1.54, 1.807) is 0 Å². The summed E-state index contributed by atoms with van der Waals surface area (Å²) in [7, 11) is 0. The molecule has 90 valence electrons. The maximum absolute atomic E-state index is 10.2. The van der Waals surface area contributed by atoms with Crippen molar-refractivity contribution in [1.82, 2.24) is 0 Å². The van der Waals surface area contributed by atoms with Crippen molar-refractivity contribution in [3.05, 3.63) is 57.5 Å². The minimum Gasteiger partial charge on any atom is -0.466 e. The number of halogens is 1. The molecule has 1 heterocycles. The largest absolute Gasteiger partial charge is 0.466 e. The number of hydrogen-bond acceptors (Lipinski definition) is 2. The van der Waals surface area contributed by atoms with Crippen LogP contribution in [0.25, 0.3) is 0 Å². The minimum absolute atomic E-state index is 0.506. The molecule has 2 aromatic rings. The molecule has 0 amide bonds. The van der Waals surface area contributed by atoms with Crippen molar-refractivity contribution in [2.75, 3.05) is 0 Å². The summed E-state index contributed by atoms with van der Waals surface area (Å²) < 4.78 is 6.47. The second kappa shape index (κ2) is 5.07. The summed E-state index contributed by atoms with van der Waals surface area (Å²) in [4.78, 5) is 0. The molecule has 17 heavy (non-hydrogen) atoms. The smallest absolute Gasteiger partial charge is 0.106 e. The van der Waals surface area contributed by atoms with E-state index in [1.807, 2.05) is 44.2 Å². The molecule has 1 aromatic heterocycles. The van der Waals surface area contributed by atoms with E-state index in [2.05, 4.69) is 15.9 Å². The molecule has 0 fully saturated rings. The van der Waals surface area contributed by atoms with E-state index in [4.69, 9.17) is 4.42 Å². The van der Waals surface area contributed by atoms with Gasteiger partial charge in [-0.2, -0.15) is 0 Å². The molecule has 1 atom stereocenters. The standard InChI is InChI=1S/C14H15BrO2/c1-9-7-13(10(2)17-9)14(16)8-11-3-5-12(15)6-4-11/h3-7,14,16H,8H2,1-2H3. The van der Waals surface area contributed by atoms with E-state index in [-0.39, 0.29) is 0 Å². The summed E-state index contributed by atoms with van der Waals surface area (Å²) in [6.45, 7) is 3.77. The van der Waals surface area contributed by atoms with Gasteiger partial charge in [-0.1, -0.05) is 28.1 Å². The van der Waals surface area contributed by atoms with Crippen molar-refractivity contribution >= 4 is 15.9 Å². The van der Waals surface area contributed by atoms with E-state index in [9.17, 15) is 5.11 Å². The fraction of sp³-hybridized carbons (Fsp3) is 0.286. The van der Waals surface area contributed by atoms with Gasteiger partial charge >= 0.3 is 0 Å². The molecule has 1 aromatic carbocycles. The van der Waals surface area contributed by atoms with Crippen LogP contribution in [-0.4, -0.2) is 5.11 Å². The Kier molecular flexibility index (Phi) is 3.69. The monoisotopic (exact) mass is 294 g/mol. The van der Waals surface area contributed by atoms with Crippen LogP contribution in [0.15, 0.2) is 39.2 Å². The number of aliphatic hydroxyl groups is 1. The summed E-state index contributed by atoms with van der Waals surface area (Å²) in [6, 6.07) is 9.88. The van der Waals surface area contributed by atoms with Crippen LogP contribution in [0.5, 0.6) is 0 Å². The van der Waals surface area contributed by atoms with Crippen LogP contribution in [0.4, 0.5) is 0 Å². The normalized spacial score (nSPS) is 12.7. The van der Waals surface area contributed by atoms with Gasteiger partial charge in [0.2, 0.25) is 0 Å². The molecule has 0 bridgehead atoms. The molecule has 0 saturated carbocycles. The van der Waals surface area contributed by atoms with Gasteiger partial charge in [0.15, 0.2) is 0 Å². The molecule has 0 aliphatic rings. The maximum atomic E-state index is 10.2. The Morgan fingerprint density at radius 1 is 1.24 bits per heavy atom. The second-order valence-corrected chi connectivity index (χ2v) is 5.13. The summed E-state index contributed by atoms with van der Waals surface area (Å²) in [5, 5.41) is 10.2. The van der Waals surface area contributed by atoms with Crippen LogP contribution < -0.4 is 0 Å². The van der Waals surface area contributed by atoms with Crippen LogP contribution in [0.1, 0.15) is 28.8 Å². The highest BCUT2D eigenvalue weighted by Crippen LogP contribution is 2.25. The van der Waals surface area contributed by atoms with E-state index in [0.29, 0.717) is 6.42 Å². The Morgan fingerprint density at radius 3 is 2.41 bits per heavy atom. The predicted molar refractivity (Wildman–Crippen MR) is 71.0 cm³/mol. The third kappa shape index (κ3) is 2.99. The first-order valence-corrected chi connectivity index (χ1v) is 6.35. The minimum atomic E-state index is -0.506. The Balaban J connectivity index is 2.14. The maximum Gasteiger partial charge on any atom is 0.106 e. The number of rotatable bonds is 3. The fourth-order valence-electron chi connectivity index (χ4n) is 1.94. The highest BCUT2D eigenvalue weighted by atomic mass is 79.9. The predicted octanol–water partition coefficient (Wildman–Crippen LogP) is 3.94. The van der Waals surface area contributed by atoms with Crippen LogP contribution >= 0.6 is 15.9 Å². The highest BCUT2D eigenvalue weighted by Gasteiger charge is 2.14. The Labute approximate surface area is 109 Å². The first-order chi connectivity index (χ1) is 8.06.